The smallest absolute Gasteiger partial charge is 0.224 e. The highest BCUT2D eigenvalue weighted by Gasteiger charge is 2.04. The molecule has 6 heteroatoms. The molecule has 0 aliphatic carbocycles. The summed E-state index contributed by atoms with van der Waals surface area (Å²) in [7, 11) is 0. The number of thioether (sulfide) groups is 1. The fraction of sp³-hybridized carbons (Fsp3) is 0.167. The molecule has 0 bridgehead atoms. The molecule has 0 aliphatic rings. The highest BCUT2D eigenvalue weighted by molar-refractivity contribution is 7.99. The van der Waals surface area contributed by atoms with E-state index in [4.69, 9.17) is 11.6 Å². The van der Waals surface area contributed by atoms with Crippen molar-refractivity contribution in [1.82, 2.24) is 9.97 Å². The van der Waals surface area contributed by atoms with Crippen LogP contribution in [-0.2, 0) is 4.79 Å². The largest absolute Gasteiger partial charge is 0.326 e. The van der Waals surface area contributed by atoms with Gasteiger partial charge in [0.1, 0.15) is 0 Å². The number of nitrogens with zero attached hydrogens (tertiary/aromatic N) is 2. The van der Waals surface area contributed by atoms with Gasteiger partial charge >= 0.3 is 0 Å². The van der Waals surface area contributed by atoms with Gasteiger partial charge in [-0.05, 0) is 54.6 Å². The summed E-state index contributed by atoms with van der Waals surface area (Å²) in [4.78, 5) is 21.6. The number of benzene rings is 2. The maximum Gasteiger partial charge on any atom is 0.224 e. The first-order chi connectivity index (χ1) is 11.7. The van der Waals surface area contributed by atoms with Gasteiger partial charge in [-0.2, -0.15) is 0 Å². The van der Waals surface area contributed by atoms with Crippen molar-refractivity contribution in [2.24, 2.45) is 0 Å². The number of anilines is 1. The molecule has 2 aromatic carbocycles. The molecule has 0 fully saturated rings. The molecule has 24 heavy (non-hydrogen) atoms. The normalized spacial score (nSPS) is 10.7. The molecule has 3 aromatic rings. The second-order valence-corrected chi connectivity index (χ2v) is 6.82. The molecule has 1 aromatic heterocycles. The number of halogens is 1. The molecule has 0 saturated heterocycles. The Balaban J connectivity index is 1.45. The van der Waals surface area contributed by atoms with E-state index >= 15 is 0 Å². The van der Waals surface area contributed by atoms with Crippen LogP contribution in [0.4, 0.5) is 5.69 Å². The van der Waals surface area contributed by atoms with Crippen LogP contribution in [0.1, 0.15) is 12.8 Å². The number of carbonyl (C=O) groups is 1. The summed E-state index contributed by atoms with van der Waals surface area (Å²) in [5.74, 6) is 0.896. The summed E-state index contributed by atoms with van der Waals surface area (Å²) in [5.41, 5.74) is 2.34. The van der Waals surface area contributed by atoms with Gasteiger partial charge in [0.2, 0.25) is 5.91 Å². The second kappa shape index (κ2) is 8.13. The molecule has 3 rings (SSSR count). The Labute approximate surface area is 149 Å². The van der Waals surface area contributed by atoms with Crippen molar-refractivity contribution in [2.45, 2.75) is 17.7 Å². The summed E-state index contributed by atoms with van der Waals surface area (Å²) in [6, 6.07) is 13.3. The molecule has 0 saturated carbocycles. The molecule has 0 atom stereocenters. The lowest BCUT2D eigenvalue weighted by molar-refractivity contribution is -0.116. The van der Waals surface area contributed by atoms with Crippen LogP contribution in [0.15, 0.2) is 59.8 Å². The van der Waals surface area contributed by atoms with Crippen molar-refractivity contribution in [3.63, 3.8) is 0 Å². The molecule has 1 N–H and O–H groups in total. The number of hydrogen-bond acceptors (Lipinski definition) is 4. The van der Waals surface area contributed by atoms with Crippen LogP contribution in [-0.4, -0.2) is 21.6 Å². The van der Waals surface area contributed by atoms with Gasteiger partial charge in [-0.1, -0.05) is 11.6 Å². The van der Waals surface area contributed by atoms with Crippen LogP contribution in [0.3, 0.4) is 0 Å². The van der Waals surface area contributed by atoms with Gasteiger partial charge in [-0.25, -0.2) is 0 Å². The van der Waals surface area contributed by atoms with Gasteiger partial charge in [-0.3, -0.25) is 14.8 Å². The predicted molar refractivity (Wildman–Crippen MR) is 99.6 cm³/mol. The summed E-state index contributed by atoms with van der Waals surface area (Å²) < 4.78 is 0. The number of aromatic nitrogens is 2. The average molecular weight is 358 g/mol. The molecule has 0 spiro atoms. The number of hydrogen-bond donors (Lipinski definition) is 1. The van der Waals surface area contributed by atoms with E-state index in [1.165, 1.54) is 0 Å². The van der Waals surface area contributed by atoms with E-state index in [2.05, 4.69) is 15.3 Å². The van der Waals surface area contributed by atoms with Crippen molar-refractivity contribution < 1.29 is 4.79 Å². The summed E-state index contributed by atoms with van der Waals surface area (Å²) in [6.07, 6.45) is 4.59. The predicted octanol–water partition coefficient (Wildman–Crippen LogP) is 4.79. The molecule has 1 amide bonds. The molecule has 0 unspecified atom stereocenters. The van der Waals surface area contributed by atoms with Crippen LogP contribution >= 0.6 is 23.4 Å². The van der Waals surface area contributed by atoms with E-state index < -0.39 is 0 Å². The lowest BCUT2D eigenvalue weighted by Gasteiger charge is -2.06. The number of amides is 1. The number of rotatable bonds is 6. The van der Waals surface area contributed by atoms with Crippen molar-refractivity contribution in [3.05, 3.63) is 59.9 Å². The van der Waals surface area contributed by atoms with Crippen LogP contribution in [0.5, 0.6) is 0 Å². The quantitative estimate of drug-likeness (QED) is 0.509. The van der Waals surface area contributed by atoms with Crippen molar-refractivity contribution >= 4 is 46.0 Å². The van der Waals surface area contributed by atoms with Gasteiger partial charge in [-0.15, -0.1) is 11.8 Å². The molecule has 1 heterocycles. The monoisotopic (exact) mass is 357 g/mol. The zero-order chi connectivity index (χ0) is 16.8. The summed E-state index contributed by atoms with van der Waals surface area (Å²) >= 11 is 7.58. The molecular formula is C18H16ClN3OS. The number of nitrogens with one attached hydrogen (secondary N) is 1. The Kier molecular flexibility index (Phi) is 5.67. The van der Waals surface area contributed by atoms with Gasteiger partial charge in [0.25, 0.3) is 0 Å². The van der Waals surface area contributed by atoms with Crippen LogP contribution in [0.2, 0.25) is 5.02 Å². The van der Waals surface area contributed by atoms with Crippen molar-refractivity contribution in [1.29, 1.82) is 0 Å². The molecule has 0 aliphatic heterocycles. The minimum Gasteiger partial charge on any atom is -0.326 e. The Morgan fingerprint density at radius 2 is 1.79 bits per heavy atom. The molecular weight excluding hydrogens is 342 g/mol. The number of carbonyl (C=O) groups excluding carboxylic acids is 1. The zero-order valence-corrected chi connectivity index (χ0v) is 14.5. The average Bonchev–Trinajstić information content (AvgIpc) is 2.60. The van der Waals surface area contributed by atoms with Crippen LogP contribution in [0, 0.1) is 0 Å². The fourth-order valence-corrected chi connectivity index (χ4v) is 3.20. The lowest BCUT2D eigenvalue weighted by atomic mass is 10.2. The summed E-state index contributed by atoms with van der Waals surface area (Å²) in [5, 5.41) is 3.64. The van der Waals surface area contributed by atoms with Gasteiger partial charge in [0.05, 0.1) is 11.0 Å². The van der Waals surface area contributed by atoms with E-state index in [0.29, 0.717) is 6.42 Å². The summed E-state index contributed by atoms with van der Waals surface area (Å²) in [6.45, 7) is 0. The second-order valence-electron chi connectivity index (χ2n) is 5.21. The Hall–Kier alpha value is -2.11. The highest BCUT2D eigenvalue weighted by atomic mass is 35.5. The maximum atomic E-state index is 12.0. The number of fused-ring (bicyclic) bond motifs is 1. The Bertz CT molecular complexity index is 839. The first-order valence-corrected chi connectivity index (χ1v) is 8.96. The molecule has 4 nitrogen and oxygen atoms in total. The Morgan fingerprint density at radius 1 is 1.04 bits per heavy atom. The Morgan fingerprint density at radius 3 is 2.58 bits per heavy atom. The first-order valence-electron chi connectivity index (χ1n) is 7.60. The van der Waals surface area contributed by atoms with E-state index in [-0.39, 0.29) is 5.91 Å². The van der Waals surface area contributed by atoms with Gasteiger partial charge in [0, 0.05) is 34.4 Å². The maximum absolute atomic E-state index is 12.0. The van der Waals surface area contributed by atoms with Gasteiger partial charge < -0.3 is 5.32 Å². The van der Waals surface area contributed by atoms with Crippen molar-refractivity contribution in [2.75, 3.05) is 11.1 Å². The van der Waals surface area contributed by atoms with E-state index in [9.17, 15) is 4.79 Å². The van der Waals surface area contributed by atoms with Crippen LogP contribution < -0.4 is 5.32 Å². The lowest BCUT2D eigenvalue weighted by Crippen LogP contribution is -2.11. The fourth-order valence-electron chi connectivity index (χ4n) is 2.22. The first kappa shape index (κ1) is 16.7. The highest BCUT2D eigenvalue weighted by Crippen LogP contribution is 2.21. The van der Waals surface area contributed by atoms with E-state index in [0.717, 1.165) is 38.8 Å². The third-order valence-corrected chi connectivity index (χ3v) is 4.73. The zero-order valence-electron chi connectivity index (χ0n) is 12.9. The SMILES string of the molecule is O=C(CCCSc1ccc(Cl)cc1)Nc1ccc2nccnc2c1. The van der Waals surface area contributed by atoms with E-state index in [1.807, 2.05) is 42.5 Å². The standard InChI is InChI=1S/C18H16ClN3OS/c19-13-3-6-15(7-4-13)24-11-1-2-18(23)22-14-5-8-16-17(12-14)21-10-9-20-16/h3-10,12H,1-2,11H2,(H,22,23). The van der Waals surface area contributed by atoms with Crippen LogP contribution in [0.25, 0.3) is 11.0 Å². The third-order valence-electron chi connectivity index (χ3n) is 3.38. The third kappa shape index (κ3) is 4.69. The molecule has 122 valence electrons. The van der Waals surface area contributed by atoms with Crippen molar-refractivity contribution in [3.8, 4) is 0 Å². The van der Waals surface area contributed by atoms with E-state index in [1.54, 1.807) is 24.2 Å². The topological polar surface area (TPSA) is 54.9 Å². The minimum absolute atomic E-state index is 0.00921. The van der Waals surface area contributed by atoms with Gasteiger partial charge in [0.15, 0.2) is 0 Å². The minimum atomic E-state index is 0.00921. The molecule has 0 radical (unpaired) electrons.